The molecule has 0 aliphatic heterocycles. The number of carbonyl (C=O) groups is 1. The van der Waals surface area contributed by atoms with Crippen molar-refractivity contribution in [2.75, 3.05) is 7.11 Å². The highest BCUT2D eigenvalue weighted by Crippen LogP contribution is 2.31. The lowest BCUT2D eigenvalue weighted by molar-refractivity contribution is -0.140. The second-order valence-corrected chi connectivity index (χ2v) is 3.92. The molecule has 0 radical (unpaired) electrons. The molecule has 1 rings (SSSR count). The van der Waals surface area contributed by atoms with Crippen LogP contribution in [-0.4, -0.2) is 13.1 Å². The number of rotatable bonds is 2. The van der Waals surface area contributed by atoms with Crippen LogP contribution in [0.25, 0.3) is 0 Å². The van der Waals surface area contributed by atoms with Gasteiger partial charge in [-0.15, -0.1) is 0 Å². The summed E-state index contributed by atoms with van der Waals surface area (Å²) in [5.74, 6) is -0.556. The molecule has 0 saturated carbocycles. The number of methoxy groups -OCH3 is 1. The molecule has 1 atom stereocenters. The van der Waals surface area contributed by atoms with Gasteiger partial charge in [-0.2, -0.15) is 13.2 Å². The van der Waals surface area contributed by atoms with E-state index in [2.05, 4.69) is 20.7 Å². The maximum Gasteiger partial charge on any atom is 0.416 e. The van der Waals surface area contributed by atoms with Crippen molar-refractivity contribution in [1.29, 1.82) is 0 Å². The molecule has 16 heavy (non-hydrogen) atoms. The second kappa shape index (κ2) is 4.86. The van der Waals surface area contributed by atoms with Gasteiger partial charge in [0.15, 0.2) is 0 Å². The number of carbonyl (C=O) groups excluding carboxylic acids is 1. The summed E-state index contributed by atoms with van der Waals surface area (Å²) in [5, 5.41) is 0. The number of esters is 1. The third-order valence-electron chi connectivity index (χ3n) is 1.94. The summed E-state index contributed by atoms with van der Waals surface area (Å²) in [4.78, 5) is 10.4. The van der Waals surface area contributed by atoms with Crippen LogP contribution in [0.5, 0.6) is 0 Å². The quantitative estimate of drug-likeness (QED) is 0.618. The normalized spacial score (nSPS) is 13.3. The number of ether oxygens (including phenoxy) is 1. The molecule has 0 N–H and O–H groups in total. The van der Waals surface area contributed by atoms with Crippen molar-refractivity contribution in [2.45, 2.75) is 11.0 Å². The summed E-state index contributed by atoms with van der Waals surface area (Å²) >= 11 is 3.03. The fourth-order valence-corrected chi connectivity index (χ4v) is 1.57. The van der Waals surface area contributed by atoms with Gasteiger partial charge in [0.1, 0.15) is 4.83 Å². The van der Waals surface area contributed by atoms with Crippen molar-refractivity contribution in [1.82, 2.24) is 0 Å². The van der Waals surface area contributed by atoms with E-state index in [4.69, 9.17) is 0 Å². The predicted octanol–water partition coefficient (Wildman–Crippen LogP) is 3.31. The fourth-order valence-electron chi connectivity index (χ4n) is 1.08. The zero-order valence-corrected chi connectivity index (χ0v) is 9.80. The van der Waals surface area contributed by atoms with Crippen LogP contribution in [0.3, 0.4) is 0 Å². The van der Waals surface area contributed by atoms with Crippen LogP contribution in [-0.2, 0) is 15.7 Å². The Bertz CT molecular complexity index is 373. The first-order valence-electron chi connectivity index (χ1n) is 4.25. The summed E-state index contributed by atoms with van der Waals surface area (Å²) < 4.78 is 41.2. The Balaban J connectivity index is 2.91. The van der Waals surface area contributed by atoms with Gasteiger partial charge in [-0.3, -0.25) is 4.79 Å². The van der Waals surface area contributed by atoms with Crippen molar-refractivity contribution in [3.8, 4) is 0 Å². The van der Waals surface area contributed by atoms with Crippen molar-refractivity contribution in [3.63, 3.8) is 0 Å². The van der Waals surface area contributed by atoms with Crippen molar-refractivity contribution in [3.05, 3.63) is 35.4 Å². The molecule has 1 aromatic carbocycles. The van der Waals surface area contributed by atoms with Gasteiger partial charge >= 0.3 is 12.1 Å². The lowest BCUT2D eigenvalue weighted by Gasteiger charge is -2.10. The van der Waals surface area contributed by atoms with Crippen LogP contribution < -0.4 is 0 Å². The van der Waals surface area contributed by atoms with Crippen LogP contribution in [0, 0.1) is 0 Å². The third kappa shape index (κ3) is 2.98. The Morgan fingerprint density at radius 2 is 1.81 bits per heavy atom. The molecule has 0 spiro atoms. The SMILES string of the molecule is COC(=O)[C@@H](Br)c1ccc(C(F)(F)F)cc1. The molecular weight excluding hydrogens is 289 g/mol. The van der Waals surface area contributed by atoms with E-state index < -0.39 is 22.5 Å². The molecule has 0 fully saturated rings. The Morgan fingerprint density at radius 3 is 2.19 bits per heavy atom. The molecule has 88 valence electrons. The van der Waals surface area contributed by atoms with Gasteiger partial charge in [0.2, 0.25) is 0 Å². The second-order valence-electron chi connectivity index (χ2n) is 3.01. The maximum absolute atomic E-state index is 12.2. The Labute approximate surface area is 98.5 Å². The molecule has 6 heteroatoms. The highest BCUT2D eigenvalue weighted by Gasteiger charge is 2.30. The van der Waals surface area contributed by atoms with Gasteiger partial charge in [-0.25, -0.2) is 0 Å². The smallest absolute Gasteiger partial charge is 0.416 e. The summed E-state index contributed by atoms with van der Waals surface area (Å²) in [6, 6.07) is 4.32. The van der Waals surface area contributed by atoms with Gasteiger partial charge in [-0.05, 0) is 17.7 Å². The zero-order chi connectivity index (χ0) is 12.3. The monoisotopic (exact) mass is 296 g/mol. The van der Waals surface area contributed by atoms with E-state index in [1.54, 1.807) is 0 Å². The van der Waals surface area contributed by atoms with Crippen LogP contribution >= 0.6 is 15.9 Å². The summed E-state index contributed by atoms with van der Waals surface area (Å²) in [5.41, 5.74) is -0.333. The lowest BCUT2D eigenvalue weighted by Crippen LogP contribution is -2.09. The van der Waals surface area contributed by atoms with Gasteiger partial charge in [0.05, 0.1) is 12.7 Å². The third-order valence-corrected chi connectivity index (χ3v) is 2.84. The van der Waals surface area contributed by atoms with E-state index in [1.165, 1.54) is 19.2 Å². The molecule has 1 aromatic rings. The number of halogens is 4. The van der Waals surface area contributed by atoms with Gasteiger partial charge < -0.3 is 4.74 Å². The number of hydrogen-bond donors (Lipinski definition) is 0. The van der Waals surface area contributed by atoms with Crippen LogP contribution in [0.1, 0.15) is 16.0 Å². The fraction of sp³-hybridized carbons (Fsp3) is 0.300. The van der Waals surface area contributed by atoms with E-state index in [0.717, 1.165) is 12.1 Å². The van der Waals surface area contributed by atoms with Gasteiger partial charge in [-0.1, -0.05) is 28.1 Å². The highest BCUT2D eigenvalue weighted by atomic mass is 79.9. The van der Waals surface area contributed by atoms with Crippen molar-refractivity contribution in [2.24, 2.45) is 0 Å². The Kier molecular flexibility index (Phi) is 3.96. The van der Waals surface area contributed by atoms with E-state index in [0.29, 0.717) is 5.56 Å². The van der Waals surface area contributed by atoms with Gasteiger partial charge in [0.25, 0.3) is 0 Å². The van der Waals surface area contributed by atoms with E-state index in [1.807, 2.05) is 0 Å². The molecule has 0 aliphatic rings. The van der Waals surface area contributed by atoms with Gasteiger partial charge in [0, 0.05) is 0 Å². The lowest BCUT2D eigenvalue weighted by atomic mass is 10.1. The van der Waals surface area contributed by atoms with E-state index in [9.17, 15) is 18.0 Å². The first-order chi connectivity index (χ1) is 7.36. The minimum Gasteiger partial charge on any atom is -0.468 e. The van der Waals surface area contributed by atoms with Crippen LogP contribution in [0.15, 0.2) is 24.3 Å². The van der Waals surface area contributed by atoms with Crippen molar-refractivity contribution < 1.29 is 22.7 Å². The molecule has 0 heterocycles. The first-order valence-corrected chi connectivity index (χ1v) is 5.17. The number of hydrogen-bond acceptors (Lipinski definition) is 2. The first kappa shape index (κ1) is 13.0. The standard InChI is InChI=1S/C10H8BrF3O2/c1-16-9(15)8(11)6-2-4-7(5-3-6)10(12,13)14/h2-5,8H,1H3/t8-/m0/s1. The minimum absolute atomic E-state index is 0.417. The number of benzene rings is 1. The average molecular weight is 297 g/mol. The minimum atomic E-state index is -4.37. The molecule has 0 aromatic heterocycles. The summed E-state index contributed by atoms with van der Waals surface area (Å²) in [6.45, 7) is 0. The molecule has 0 saturated heterocycles. The van der Waals surface area contributed by atoms with E-state index in [-0.39, 0.29) is 0 Å². The molecule has 0 bridgehead atoms. The Morgan fingerprint density at radius 1 is 1.31 bits per heavy atom. The summed E-state index contributed by atoms with van der Waals surface area (Å²) in [7, 11) is 1.21. The largest absolute Gasteiger partial charge is 0.468 e. The van der Waals surface area contributed by atoms with Crippen molar-refractivity contribution >= 4 is 21.9 Å². The molecule has 0 aliphatic carbocycles. The van der Waals surface area contributed by atoms with Crippen LogP contribution in [0.2, 0.25) is 0 Å². The zero-order valence-electron chi connectivity index (χ0n) is 8.22. The summed E-state index contributed by atoms with van der Waals surface area (Å²) in [6.07, 6.45) is -4.37. The predicted molar refractivity (Wildman–Crippen MR) is 55.1 cm³/mol. The molecule has 2 nitrogen and oxygen atoms in total. The van der Waals surface area contributed by atoms with E-state index >= 15 is 0 Å². The number of alkyl halides is 4. The molecule has 0 unspecified atom stereocenters. The van der Waals surface area contributed by atoms with Crippen LogP contribution in [0.4, 0.5) is 13.2 Å². The average Bonchev–Trinajstić information content (AvgIpc) is 2.26. The topological polar surface area (TPSA) is 26.3 Å². The molecular formula is C10H8BrF3O2. The highest BCUT2D eigenvalue weighted by molar-refractivity contribution is 9.09. The Hall–Kier alpha value is -1.04. The molecule has 0 amide bonds. The maximum atomic E-state index is 12.2.